The lowest BCUT2D eigenvalue weighted by atomic mass is 9.44. The number of aliphatic hydroxyl groups excluding tert-OH is 1. The van der Waals surface area contributed by atoms with Crippen molar-refractivity contribution in [2.24, 2.45) is 16.7 Å². The molecule has 3 nitrogen and oxygen atoms in total. The average Bonchev–Trinajstić information content (AvgIpc) is 2.24. The lowest BCUT2D eigenvalue weighted by Crippen LogP contribution is -2.71. The minimum atomic E-state index is -1.39. The molecule has 18 heavy (non-hydrogen) atoms. The molecule has 0 saturated heterocycles. The molecule has 0 radical (unpaired) electrons. The van der Waals surface area contributed by atoms with Crippen LogP contribution in [0.25, 0.3) is 0 Å². The molecule has 0 bridgehead atoms. The second-order valence-corrected chi connectivity index (χ2v) is 7.64. The Morgan fingerprint density at radius 2 is 1.61 bits per heavy atom. The van der Waals surface area contributed by atoms with E-state index in [0.29, 0.717) is 12.3 Å². The molecule has 4 atom stereocenters. The summed E-state index contributed by atoms with van der Waals surface area (Å²) in [6.07, 6.45) is 4.59. The summed E-state index contributed by atoms with van der Waals surface area (Å²) in [6, 6.07) is 0. The molecular formula is C15H28O3. The third-order valence-electron chi connectivity index (χ3n) is 6.21. The molecule has 0 spiro atoms. The van der Waals surface area contributed by atoms with Gasteiger partial charge in [-0.15, -0.1) is 0 Å². The molecule has 2 fully saturated rings. The van der Waals surface area contributed by atoms with Crippen molar-refractivity contribution >= 4 is 0 Å². The van der Waals surface area contributed by atoms with Gasteiger partial charge in [0, 0.05) is 5.41 Å². The summed E-state index contributed by atoms with van der Waals surface area (Å²) >= 11 is 0. The monoisotopic (exact) mass is 256 g/mol. The first-order valence-electron chi connectivity index (χ1n) is 7.16. The predicted octanol–water partition coefficient (Wildman–Crippen LogP) is 2.09. The summed E-state index contributed by atoms with van der Waals surface area (Å²) in [5, 5.41) is 31.3. The summed E-state index contributed by atoms with van der Waals surface area (Å²) in [4.78, 5) is 0. The van der Waals surface area contributed by atoms with Gasteiger partial charge in [0.05, 0.1) is 12.2 Å². The molecule has 2 aliphatic carbocycles. The average molecular weight is 256 g/mol. The van der Waals surface area contributed by atoms with E-state index in [1.165, 1.54) is 0 Å². The maximum Gasteiger partial charge on any atom is 0.121 e. The van der Waals surface area contributed by atoms with Crippen molar-refractivity contribution in [3.05, 3.63) is 0 Å². The highest BCUT2D eigenvalue weighted by Crippen LogP contribution is 2.63. The van der Waals surface area contributed by atoms with Gasteiger partial charge in [-0.3, -0.25) is 0 Å². The van der Waals surface area contributed by atoms with Gasteiger partial charge in [-0.05, 0) is 43.9 Å². The number of rotatable bonds is 1. The van der Waals surface area contributed by atoms with Gasteiger partial charge < -0.3 is 15.3 Å². The fourth-order valence-corrected chi connectivity index (χ4v) is 4.92. The third kappa shape index (κ3) is 1.60. The molecule has 0 unspecified atom stereocenters. The summed E-state index contributed by atoms with van der Waals surface area (Å²) in [5.74, 6) is 0.358. The van der Waals surface area contributed by atoms with Gasteiger partial charge in [0.25, 0.3) is 0 Å². The first-order chi connectivity index (χ1) is 8.11. The Labute approximate surface area is 110 Å². The second-order valence-electron chi connectivity index (χ2n) is 7.64. The van der Waals surface area contributed by atoms with E-state index in [9.17, 15) is 15.3 Å². The van der Waals surface area contributed by atoms with Gasteiger partial charge in [-0.25, -0.2) is 0 Å². The van der Waals surface area contributed by atoms with Crippen LogP contribution in [0.3, 0.4) is 0 Å². The summed E-state index contributed by atoms with van der Waals surface area (Å²) < 4.78 is 0. The Hall–Kier alpha value is -0.120. The van der Waals surface area contributed by atoms with Crippen LogP contribution in [0.4, 0.5) is 0 Å². The largest absolute Gasteiger partial charge is 0.393 e. The molecule has 3 heteroatoms. The van der Waals surface area contributed by atoms with Crippen LogP contribution in [0.15, 0.2) is 0 Å². The molecule has 0 aromatic carbocycles. The number of fused-ring (bicyclic) bond motifs is 1. The van der Waals surface area contributed by atoms with Crippen molar-refractivity contribution < 1.29 is 15.3 Å². The van der Waals surface area contributed by atoms with Gasteiger partial charge in [-0.2, -0.15) is 0 Å². The Balaban J connectivity index is 2.49. The molecular weight excluding hydrogens is 228 g/mol. The molecule has 2 rings (SSSR count). The van der Waals surface area contributed by atoms with Crippen LogP contribution in [0.2, 0.25) is 0 Å². The van der Waals surface area contributed by atoms with Crippen molar-refractivity contribution in [1.82, 2.24) is 0 Å². The fourth-order valence-electron chi connectivity index (χ4n) is 4.92. The first-order valence-corrected chi connectivity index (χ1v) is 7.16. The zero-order chi connectivity index (χ0) is 13.8. The van der Waals surface area contributed by atoms with E-state index in [1.807, 2.05) is 0 Å². The third-order valence-corrected chi connectivity index (χ3v) is 6.21. The Bertz CT molecular complexity index is 337. The quantitative estimate of drug-likeness (QED) is 0.673. The topological polar surface area (TPSA) is 60.7 Å². The SMILES string of the molecule is CC1(C)CCC[C@@]2(C)[C@H]1CC[C@@](C)(O)[C@]2(O)CO. The van der Waals surface area contributed by atoms with Gasteiger partial charge in [0.15, 0.2) is 0 Å². The smallest absolute Gasteiger partial charge is 0.121 e. The molecule has 0 heterocycles. The van der Waals surface area contributed by atoms with Crippen LogP contribution in [-0.2, 0) is 0 Å². The minimum Gasteiger partial charge on any atom is -0.393 e. The summed E-state index contributed by atoms with van der Waals surface area (Å²) in [7, 11) is 0. The molecule has 0 aromatic rings. The predicted molar refractivity (Wildman–Crippen MR) is 71.1 cm³/mol. The van der Waals surface area contributed by atoms with Crippen LogP contribution >= 0.6 is 0 Å². The van der Waals surface area contributed by atoms with E-state index in [2.05, 4.69) is 20.8 Å². The first kappa shape index (κ1) is 14.3. The lowest BCUT2D eigenvalue weighted by Gasteiger charge is -2.64. The van der Waals surface area contributed by atoms with Crippen molar-refractivity contribution in [1.29, 1.82) is 0 Å². The molecule has 2 aliphatic rings. The minimum absolute atomic E-state index is 0.173. The van der Waals surface area contributed by atoms with Gasteiger partial charge in [-0.1, -0.05) is 27.2 Å². The van der Waals surface area contributed by atoms with E-state index < -0.39 is 16.6 Å². The highest BCUT2D eigenvalue weighted by molar-refractivity contribution is 5.16. The van der Waals surface area contributed by atoms with Crippen molar-refractivity contribution in [3.63, 3.8) is 0 Å². The Morgan fingerprint density at radius 3 is 2.17 bits per heavy atom. The Kier molecular flexibility index (Phi) is 3.13. The fraction of sp³-hybridized carbons (Fsp3) is 1.00. The molecule has 0 aromatic heterocycles. The van der Waals surface area contributed by atoms with E-state index >= 15 is 0 Å². The van der Waals surface area contributed by atoms with Crippen molar-refractivity contribution in [3.8, 4) is 0 Å². The van der Waals surface area contributed by atoms with Gasteiger partial charge >= 0.3 is 0 Å². The summed E-state index contributed by atoms with van der Waals surface area (Å²) in [6.45, 7) is 7.89. The van der Waals surface area contributed by atoms with Crippen molar-refractivity contribution in [2.75, 3.05) is 6.61 Å². The molecule has 0 aliphatic heterocycles. The summed E-state index contributed by atoms with van der Waals surface area (Å²) in [5.41, 5.74) is -2.81. The van der Waals surface area contributed by atoms with Crippen LogP contribution in [0.5, 0.6) is 0 Å². The van der Waals surface area contributed by atoms with E-state index in [-0.39, 0.29) is 12.0 Å². The van der Waals surface area contributed by atoms with E-state index in [0.717, 1.165) is 25.7 Å². The highest BCUT2D eigenvalue weighted by atomic mass is 16.4. The maximum absolute atomic E-state index is 11.0. The number of hydrogen-bond acceptors (Lipinski definition) is 3. The normalized spacial score (nSPS) is 51.8. The number of hydrogen-bond donors (Lipinski definition) is 3. The zero-order valence-corrected chi connectivity index (χ0v) is 12.2. The zero-order valence-electron chi connectivity index (χ0n) is 12.2. The maximum atomic E-state index is 11.0. The van der Waals surface area contributed by atoms with Crippen LogP contribution in [0, 0.1) is 16.7 Å². The van der Waals surface area contributed by atoms with Gasteiger partial charge in [0.2, 0.25) is 0 Å². The molecule has 2 saturated carbocycles. The van der Waals surface area contributed by atoms with E-state index in [4.69, 9.17) is 0 Å². The van der Waals surface area contributed by atoms with Crippen LogP contribution in [0.1, 0.15) is 59.8 Å². The van der Waals surface area contributed by atoms with Crippen LogP contribution < -0.4 is 0 Å². The van der Waals surface area contributed by atoms with Crippen molar-refractivity contribution in [2.45, 2.75) is 71.0 Å². The highest BCUT2D eigenvalue weighted by Gasteiger charge is 2.66. The van der Waals surface area contributed by atoms with Crippen LogP contribution in [-0.4, -0.2) is 33.1 Å². The molecule has 3 N–H and O–H groups in total. The lowest BCUT2D eigenvalue weighted by molar-refractivity contribution is -0.283. The van der Waals surface area contributed by atoms with Gasteiger partial charge in [0.1, 0.15) is 5.60 Å². The standard InChI is InChI=1S/C15H28O3/c1-12(2)7-5-8-13(3)11(12)6-9-14(4,17)15(13,18)10-16/h11,16-18H,5-10H2,1-4H3/t11-,13-,14+,15-/m0/s1. The number of aliphatic hydroxyl groups is 3. The van der Waals surface area contributed by atoms with E-state index in [1.54, 1.807) is 6.92 Å². The second kappa shape index (κ2) is 3.94. The Morgan fingerprint density at radius 1 is 1.00 bits per heavy atom. The molecule has 106 valence electrons. The molecule has 0 amide bonds.